The van der Waals surface area contributed by atoms with Crippen LogP contribution in [-0.4, -0.2) is 26.3 Å². The maximum Gasteiger partial charge on any atom is 0.258 e. The second-order valence-electron chi connectivity index (χ2n) is 6.29. The van der Waals surface area contributed by atoms with Crippen LogP contribution in [0.3, 0.4) is 0 Å². The van der Waals surface area contributed by atoms with Gasteiger partial charge in [-0.05, 0) is 12.1 Å². The number of aryl methyl sites for hydroxylation is 1. The molecule has 0 radical (unpaired) electrons. The summed E-state index contributed by atoms with van der Waals surface area (Å²) in [5.74, 6) is 0.461. The number of nitrogens with one attached hydrogen (secondary N) is 1. The average Bonchev–Trinajstić information content (AvgIpc) is 3.16. The fourth-order valence-electron chi connectivity index (χ4n) is 2.01. The second kappa shape index (κ2) is 6.12. The van der Waals surface area contributed by atoms with Crippen LogP contribution in [0.5, 0.6) is 0 Å². The maximum absolute atomic E-state index is 12.6. The molecule has 8 heteroatoms. The van der Waals surface area contributed by atoms with Gasteiger partial charge in [0, 0.05) is 12.3 Å². The van der Waals surface area contributed by atoms with Crippen LogP contribution in [0.2, 0.25) is 0 Å². The number of carbonyl (C=O) groups is 1. The molecule has 1 amide bonds. The SMILES string of the molecule is Cc1nnc(-c2ccccc2C(=O)Nc2nnc(C(C)(C)C)s2)o1. The normalized spacial score (nSPS) is 11.5. The molecule has 3 rings (SSSR count). The molecule has 2 heterocycles. The fraction of sp³-hybridized carbons (Fsp3) is 0.312. The minimum absolute atomic E-state index is 0.111. The van der Waals surface area contributed by atoms with E-state index in [-0.39, 0.29) is 11.3 Å². The molecule has 2 aromatic heterocycles. The second-order valence-corrected chi connectivity index (χ2v) is 7.27. The molecule has 0 saturated carbocycles. The van der Waals surface area contributed by atoms with Gasteiger partial charge in [-0.25, -0.2) is 0 Å². The first-order chi connectivity index (χ1) is 11.3. The van der Waals surface area contributed by atoms with Gasteiger partial charge in [-0.2, -0.15) is 0 Å². The standard InChI is InChI=1S/C16H17N5O2S/c1-9-18-19-13(23-9)11-8-6-5-7-10(11)12(22)17-15-21-20-14(24-15)16(2,3)4/h5-8H,1-4H3,(H,17,21,22). The van der Waals surface area contributed by atoms with E-state index in [1.807, 2.05) is 26.8 Å². The van der Waals surface area contributed by atoms with E-state index in [0.717, 1.165) is 5.01 Å². The predicted octanol–water partition coefficient (Wildman–Crippen LogP) is 3.45. The van der Waals surface area contributed by atoms with Crippen LogP contribution in [0.4, 0.5) is 5.13 Å². The van der Waals surface area contributed by atoms with E-state index < -0.39 is 0 Å². The Bertz CT molecular complexity index is 878. The van der Waals surface area contributed by atoms with E-state index in [4.69, 9.17) is 4.42 Å². The largest absolute Gasteiger partial charge is 0.421 e. The summed E-state index contributed by atoms with van der Waals surface area (Å²) in [4.78, 5) is 12.6. The van der Waals surface area contributed by atoms with Gasteiger partial charge in [-0.15, -0.1) is 20.4 Å². The number of rotatable bonds is 3. The Morgan fingerprint density at radius 3 is 2.50 bits per heavy atom. The molecule has 0 unspecified atom stereocenters. The molecule has 0 fully saturated rings. The number of aromatic nitrogens is 4. The maximum atomic E-state index is 12.6. The molecule has 0 aliphatic carbocycles. The zero-order valence-corrected chi connectivity index (χ0v) is 14.6. The molecule has 24 heavy (non-hydrogen) atoms. The van der Waals surface area contributed by atoms with Crippen LogP contribution in [0.1, 0.15) is 42.0 Å². The Labute approximate surface area is 143 Å². The summed E-state index contributed by atoms with van der Waals surface area (Å²) in [6.07, 6.45) is 0. The summed E-state index contributed by atoms with van der Waals surface area (Å²) < 4.78 is 5.43. The van der Waals surface area contributed by atoms with Gasteiger partial charge in [-0.1, -0.05) is 44.2 Å². The van der Waals surface area contributed by atoms with Crippen molar-refractivity contribution in [2.24, 2.45) is 0 Å². The molecular formula is C16H17N5O2S. The van der Waals surface area contributed by atoms with E-state index >= 15 is 0 Å². The van der Waals surface area contributed by atoms with Crippen LogP contribution < -0.4 is 5.32 Å². The highest BCUT2D eigenvalue weighted by molar-refractivity contribution is 7.15. The first kappa shape index (κ1) is 16.3. The number of carbonyl (C=O) groups excluding carboxylic acids is 1. The number of anilines is 1. The molecule has 3 aromatic rings. The highest BCUT2D eigenvalue weighted by Crippen LogP contribution is 2.29. The van der Waals surface area contributed by atoms with Gasteiger partial charge in [0.1, 0.15) is 5.01 Å². The van der Waals surface area contributed by atoms with Gasteiger partial charge in [0.25, 0.3) is 5.91 Å². The Morgan fingerprint density at radius 1 is 1.12 bits per heavy atom. The zero-order valence-electron chi connectivity index (χ0n) is 13.8. The zero-order chi connectivity index (χ0) is 17.3. The van der Waals surface area contributed by atoms with Crippen molar-refractivity contribution in [3.05, 3.63) is 40.7 Å². The van der Waals surface area contributed by atoms with Crippen LogP contribution in [0, 0.1) is 6.92 Å². The first-order valence-electron chi connectivity index (χ1n) is 7.39. The first-order valence-corrected chi connectivity index (χ1v) is 8.21. The van der Waals surface area contributed by atoms with E-state index in [0.29, 0.717) is 28.0 Å². The highest BCUT2D eigenvalue weighted by Gasteiger charge is 2.21. The molecule has 0 saturated heterocycles. The van der Waals surface area contributed by atoms with Crippen molar-refractivity contribution in [3.63, 3.8) is 0 Å². The Balaban J connectivity index is 1.87. The fourth-order valence-corrected chi connectivity index (χ4v) is 2.81. The summed E-state index contributed by atoms with van der Waals surface area (Å²) >= 11 is 1.36. The lowest BCUT2D eigenvalue weighted by Gasteiger charge is -2.12. The molecule has 7 nitrogen and oxygen atoms in total. The van der Waals surface area contributed by atoms with Crippen molar-refractivity contribution in [1.82, 2.24) is 20.4 Å². The van der Waals surface area contributed by atoms with E-state index in [2.05, 4.69) is 25.7 Å². The quantitative estimate of drug-likeness (QED) is 0.783. The smallest absolute Gasteiger partial charge is 0.258 e. The molecule has 0 spiro atoms. The van der Waals surface area contributed by atoms with Crippen LogP contribution in [-0.2, 0) is 5.41 Å². The van der Waals surface area contributed by atoms with Crippen molar-refractivity contribution in [3.8, 4) is 11.5 Å². The summed E-state index contributed by atoms with van der Waals surface area (Å²) in [5.41, 5.74) is 0.907. The van der Waals surface area contributed by atoms with Gasteiger partial charge < -0.3 is 4.42 Å². The number of benzene rings is 1. The van der Waals surface area contributed by atoms with Gasteiger partial charge in [0.15, 0.2) is 0 Å². The Morgan fingerprint density at radius 2 is 1.88 bits per heavy atom. The minimum atomic E-state index is -0.293. The minimum Gasteiger partial charge on any atom is -0.421 e. The van der Waals surface area contributed by atoms with Gasteiger partial charge in [0.05, 0.1) is 11.1 Å². The van der Waals surface area contributed by atoms with Crippen molar-refractivity contribution in [2.45, 2.75) is 33.1 Å². The number of hydrogen-bond donors (Lipinski definition) is 1. The summed E-state index contributed by atoms with van der Waals surface area (Å²) in [7, 11) is 0. The number of nitrogens with zero attached hydrogens (tertiary/aromatic N) is 4. The van der Waals surface area contributed by atoms with E-state index in [9.17, 15) is 4.79 Å². The Kier molecular flexibility index (Phi) is 4.15. The van der Waals surface area contributed by atoms with Gasteiger partial charge >= 0.3 is 0 Å². The highest BCUT2D eigenvalue weighted by atomic mass is 32.1. The van der Waals surface area contributed by atoms with Crippen molar-refractivity contribution in [1.29, 1.82) is 0 Å². The molecular weight excluding hydrogens is 326 g/mol. The number of hydrogen-bond acceptors (Lipinski definition) is 7. The average molecular weight is 343 g/mol. The van der Waals surface area contributed by atoms with Gasteiger partial charge in [-0.3, -0.25) is 10.1 Å². The third kappa shape index (κ3) is 3.33. The van der Waals surface area contributed by atoms with Gasteiger partial charge in [0.2, 0.25) is 16.9 Å². The molecule has 1 N–H and O–H groups in total. The summed E-state index contributed by atoms with van der Waals surface area (Å²) in [5, 5.41) is 20.1. The number of amides is 1. The lowest BCUT2D eigenvalue weighted by atomic mass is 9.98. The van der Waals surface area contributed by atoms with Crippen molar-refractivity contribution < 1.29 is 9.21 Å². The predicted molar refractivity (Wildman–Crippen MR) is 91.0 cm³/mol. The Hall–Kier alpha value is -2.61. The van der Waals surface area contributed by atoms with E-state index in [1.165, 1.54) is 11.3 Å². The third-order valence-electron chi connectivity index (χ3n) is 3.22. The topological polar surface area (TPSA) is 93.8 Å². The third-order valence-corrected chi connectivity index (χ3v) is 4.48. The van der Waals surface area contributed by atoms with Crippen molar-refractivity contribution in [2.75, 3.05) is 5.32 Å². The molecule has 0 bridgehead atoms. The lowest BCUT2D eigenvalue weighted by molar-refractivity contribution is 0.102. The molecule has 0 aliphatic rings. The molecule has 1 aromatic carbocycles. The van der Waals surface area contributed by atoms with Crippen molar-refractivity contribution >= 4 is 22.4 Å². The van der Waals surface area contributed by atoms with Crippen LogP contribution >= 0.6 is 11.3 Å². The lowest BCUT2D eigenvalue weighted by Crippen LogP contribution is -2.13. The monoisotopic (exact) mass is 343 g/mol. The summed E-state index contributed by atoms with van der Waals surface area (Å²) in [6.45, 7) is 7.85. The summed E-state index contributed by atoms with van der Waals surface area (Å²) in [6, 6.07) is 7.06. The van der Waals surface area contributed by atoms with Crippen LogP contribution in [0.15, 0.2) is 28.7 Å². The van der Waals surface area contributed by atoms with E-state index in [1.54, 1.807) is 25.1 Å². The molecule has 0 aliphatic heterocycles. The van der Waals surface area contributed by atoms with Crippen LogP contribution in [0.25, 0.3) is 11.5 Å². The molecule has 0 atom stereocenters. The molecule has 124 valence electrons.